The number of benzene rings is 1. The standard InChI is InChI=1S/C14H9N5O/c20-14-11(9-4-2-1-3-5-9)8-10-6-7-12-16-17-18-19(12)13(10)15-14/h1-8H,(H,15,20). The predicted octanol–water partition coefficient (Wildman–Crippen LogP) is 1.63. The maximum Gasteiger partial charge on any atom is 0.257 e. The fourth-order valence-corrected chi connectivity index (χ4v) is 2.29. The van der Waals surface area contributed by atoms with Crippen LogP contribution in [0, 0.1) is 0 Å². The van der Waals surface area contributed by atoms with E-state index in [1.807, 2.05) is 48.5 Å². The molecular weight excluding hydrogens is 254 g/mol. The Kier molecular flexibility index (Phi) is 2.17. The maximum atomic E-state index is 12.3. The van der Waals surface area contributed by atoms with E-state index in [0.717, 1.165) is 10.9 Å². The third-order valence-electron chi connectivity index (χ3n) is 3.25. The van der Waals surface area contributed by atoms with Crippen molar-refractivity contribution in [3.63, 3.8) is 0 Å². The summed E-state index contributed by atoms with van der Waals surface area (Å²) in [5.74, 6) is 0. The zero-order valence-electron chi connectivity index (χ0n) is 10.3. The fourth-order valence-electron chi connectivity index (χ4n) is 2.29. The molecule has 0 fully saturated rings. The zero-order chi connectivity index (χ0) is 13.5. The first kappa shape index (κ1) is 10.9. The quantitative estimate of drug-likeness (QED) is 0.566. The van der Waals surface area contributed by atoms with Gasteiger partial charge in [-0.2, -0.15) is 4.52 Å². The summed E-state index contributed by atoms with van der Waals surface area (Å²) in [5, 5.41) is 12.2. The van der Waals surface area contributed by atoms with E-state index >= 15 is 0 Å². The lowest BCUT2D eigenvalue weighted by molar-refractivity contribution is 0.834. The molecule has 20 heavy (non-hydrogen) atoms. The van der Waals surface area contributed by atoms with Crippen LogP contribution in [0.2, 0.25) is 0 Å². The molecule has 0 bridgehead atoms. The van der Waals surface area contributed by atoms with Gasteiger partial charge in [0.15, 0.2) is 5.65 Å². The van der Waals surface area contributed by atoms with E-state index in [0.29, 0.717) is 16.9 Å². The Morgan fingerprint density at radius 1 is 1.05 bits per heavy atom. The number of tetrazole rings is 1. The molecule has 96 valence electrons. The van der Waals surface area contributed by atoms with Crippen LogP contribution in [0.5, 0.6) is 0 Å². The lowest BCUT2D eigenvalue weighted by atomic mass is 10.1. The van der Waals surface area contributed by atoms with Gasteiger partial charge in [0.05, 0.1) is 0 Å². The van der Waals surface area contributed by atoms with Crippen molar-refractivity contribution in [3.8, 4) is 11.1 Å². The minimum Gasteiger partial charge on any atom is -0.306 e. The molecule has 0 unspecified atom stereocenters. The van der Waals surface area contributed by atoms with Gasteiger partial charge >= 0.3 is 0 Å². The van der Waals surface area contributed by atoms with E-state index in [1.165, 1.54) is 4.52 Å². The highest BCUT2D eigenvalue weighted by atomic mass is 16.1. The van der Waals surface area contributed by atoms with Gasteiger partial charge in [0.2, 0.25) is 0 Å². The van der Waals surface area contributed by atoms with Crippen LogP contribution in [0.1, 0.15) is 0 Å². The number of rotatable bonds is 1. The summed E-state index contributed by atoms with van der Waals surface area (Å²) >= 11 is 0. The Bertz CT molecular complexity index is 971. The number of H-pyrrole nitrogens is 1. The van der Waals surface area contributed by atoms with Crippen LogP contribution in [0.3, 0.4) is 0 Å². The van der Waals surface area contributed by atoms with Crippen molar-refractivity contribution in [3.05, 3.63) is 58.9 Å². The van der Waals surface area contributed by atoms with E-state index < -0.39 is 0 Å². The third-order valence-corrected chi connectivity index (χ3v) is 3.25. The largest absolute Gasteiger partial charge is 0.306 e. The molecular formula is C14H9N5O. The molecule has 4 aromatic rings. The average Bonchev–Trinajstić information content (AvgIpc) is 2.96. The molecule has 3 heterocycles. The van der Waals surface area contributed by atoms with Crippen LogP contribution in [-0.2, 0) is 0 Å². The van der Waals surface area contributed by atoms with Gasteiger partial charge in [0, 0.05) is 10.9 Å². The minimum atomic E-state index is -0.160. The van der Waals surface area contributed by atoms with Crippen molar-refractivity contribution in [1.82, 2.24) is 25.0 Å². The van der Waals surface area contributed by atoms with Crippen molar-refractivity contribution in [2.75, 3.05) is 0 Å². The van der Waals surface area contributed by atoms with Gasteiger partial charge in [0.1, 0.15) is 5.65 Å². The zero-order valence-corrected chi connectivity index (χ0v) is 10.3. The Balaban J connectivity index is 2.08. The van der Waals surface area contributed by atoms with Crippen molar-refractivity contribution >= 4 is 16.7 Å². The summed E-state index contributed by atoms with van der Waals surface area (Å²) in [6.45, 7) is 0. The van der Waals surface area contributed by atoms with Crippen molar-refractivity contribution in [2.45, 2.75) is 0 Å². The smallest absolute Gasteiger partial charge is 0.257 e. The minimum absolute atomic E-state index is 0.160. The molecule has 0 spiro atoms. The van der Waals surface area contributed by atoms with Crippen LogP contribution in [0.15, 0.2) is 53.3 Å². The number of pyridine rings is 2. The van der Waals surface area contributed by atoms with Gasteiger partial charge in [-0.1, -0.05) is 30.3 Å². The summed E-state index contributed by atoms with van der Waals surface area (Å²) in [6, 6.07) is 15.1. The molecule has 0 atom stereocenters. The first-order chi connectivity index (χ1) is 9.83. The van der Waals surface area contributed by atoms with Crippen molar-refractivity contribution in [1.29, 1.82) is 0 Å². The molecule has 3 aromatic heterocycles. The Hall–Kier alpha value is -3.02. The number of hydrogen-bond donors (Lipinski definition) is 1. The number of aromatic nitrogens is 5. The lowest BCUT2D eigenvalue weighted by Gasteiger charge is -2.04. The van der Waals surface area contributed by atoms with E-state index in [4.69, 9.17) is 0 Å². The normalized spacial score (nSPS) is 11.2. The highest BCUT2D eigenvalue weighted by Crippen LogP contribution is 2.19. The van der Waals surface area contributed by atoms with Gasteiger partial charge in [-0.3, -0.25) is 4.79 Å². The first-order valence-corrected chi connectivity index (χ1v) is 6.12. The maximum absolute atomic E-state index is 12.3. The summed E-state index contributed by atoms with van der Waals surface area (Å²) < 4.78 is 1.52. The van der Waals surface area contributed by atoms with Gasteiger partial charge in [-0.25, -0.2) is 0 Å². The molecule has 4 rings (SSSR count). The molecule has 0 aliphatic rings. The summed E-state index contributed by atoms with van der Waals surface area (Å²) in [5.41, 5.74) is 2.54. The first-order valence-electron chi connectivity index (χ1n) is 6.12. The second-order valence-corrected chi connectivity index (χ2v) is 4.46. The van der Waals surface area contributed by atoms with Crippen LogP contribution in [0.4, 0.5) is 0 Å². The van der Waals surface area contributed by atoms with Crippen molar-refractivity contribution < 1.29 is 0 Å². The number of hydrogen-bond acceptors (Lipinski definition) is 4. The number of fused-ring (bicyclic) bond motifs is 3. The van der Waals surface area contributed by atoms with Crippen LogP contribution in [0.25, 0.3) is 27.8 Å². The van der Waals surface area contributed by atoms with Crippen LogP contribution < -0.4 is 5.56 Å². The van der Waals surface area contributed by atoms with E-state index in [1.54, 1.807) is 0 Å². The number of aromatic amines is 1. The topological polar surface area (TPSA) is 75.9 Å². The highest BCUT2D eigenvalue weighted by Gasteiger charge is 2.08. The summed E-state index contributed by atoms with van der Waals surface area (Å²) in [6.07, 6.45) is 0. The third kappa shape index (κ3) is 1.51. The molecule has 0 saturated heterocycles. The van der Waals surface area contributed by atoms with Gasteiger partial charge in [-0.05, 0) is 34.2 Å². The molecule has 0 amide bonds. The van der Waals surface area contributed by atoms with E-state index in [9.17, 15) is 4.79 Å². The Morgan fingerprint density at radius 3 is 2.75 bits per heavy atom. The number of nitrogens with zero attached hydrogens (tertiary/aromatic N) is 4. The molecule has 0 aliphatic heterocycles. The predicted molar refractivity (Wildman–Crippen MR) is 74.3 cm³/mol. The Morgan fingerprint density at radius 2 is 1.90 bits per heavy atom. The SMILES string of the molecule is O=c1[nH]c2c(ccc3nnnn32)cc1-c1ccccc1. The summed E-state index contributed by atoms with van der Waals surface area (Å²) in [7, 11) is 0. The molecule has 1 N–H and O–H groups in total. The summed E-state index contributed by atoms with van der Waals surface area (Å²) in [4.78, 5) is 15.1. The number of nitrogens with one attached hydrogen (secondary N) is 1. The molecule has 0 radical (unpaired) electrons. The Labute approximate surface area is 112 Å². The molecule has 1 aromatic carbocycles. The second kappa shape index (κ2) is 3.99. The second-order valence-electron chi connectivity index (χ2n) is 4.46. The van der Waals surface area contributed by atoms with E-state index in [2.05, 4.69) is 20.5 Å². The fraction of sp³-hybridized carbons (Fsp3) is 0. The monoisotopic (exact) mass is 263 g/mol. The van der Waals surface area contributed by atoms with Crippen LogP contribution in [-0.4, -0.2) is 25.0 Å². The molecule has 0 aliphatic carbocycles. The molecule has 6 nitrogen and oxygen atoms in total. The van der Waals surface area contributed by atoms with Crippen LogP contribution >= 0.6 is 0 Å². The van der Waals surface area contributed by atoms with Gasteiger partial charge in [0.25, 0.3) is 5.56 Å². The van der Waals surface area contributed by atoms with Gasteiger partial charge < -0.3 is 4.98 Å². The van der Waals surface area contributed by atoms with E-state index in [-0.39, 0.29) is 5.56 Å². The van der Waals surface area contributed by atoms with Crippen molar-refractivity contribution in [2.24, 2.45) is 0 Å². The van der Waals surface area contributed by atoms with Gasteiger partial charge in [-0.15, -0.1) is 5.10 Å². The lowest BCUT2D eigenvalue weighted by Crippen LogP contribution is -2.11. The molecule has 0 saturated carbocycles. The average molecular weight is 263 g/mol. The highest BCUT2D eigenvalue weighted by molar-refractivity contribution is 5.82. The molecule has 6 heteroatoms.